The van der Waals surface area contributed by atoms with Gasteiger partial charge in [0.15, 0.2) is 0 Å². The zero-order chi connectivity index (χ0) is 15.5. The van der Waals surface area contributed by atoms with Crippen LogP contribution in [0.25, 0.3) is 0 Å². The number of nitriles is 1. The zero-order valence-corrected chi connectivity index (χ0v) is 12.9. The van der Waals surface area contributed by atoms with E-state index in [0.717, 1.165) is 31.7 Å². The maximum Gasteiger partial charge on any atom is 0.233 e. The molecule has 0 aliphatic heterocycles. The van der Waals surface area contributed by atoms with E-state index in [2.05, 4.69) is 0 Å². The molecule has 0 unspecified atom stereocenters. The molecule has 4 nitrogen and oxygen atoms in total. The average molecular weight is 332 g/mol. The second kappa shape index (κ2) is 6.20. The number of benzene rings is 1. The summed E-state index contributed by atoms with van der Waals surface area (Å²) in [6.45, 7) is 0.171. The van der Waals surface area contributed by atoms with Crippen LogP contribution in [0.4, 0.5) is 4.39 Å². The molecule has 0 bridgehead atoms. The number of halogens is 2. The van der Waals surface area contributed by atoms with Gasteiger partial charge in [-0.3, -0.25) is 0 Å². The maximum absolute atomic E-state index is 13.5. The highest BCUT2D eigenvalue weighted by Crippen LogP contribution is 2.40. The Labute approximate surface area is 127 Å². The minimum Gasteiger partial charge on any atom is -0.493 e. The largest absolute Gasteiger partial charge is 0.493 e. The van der Waals surface area contributed by atoms with E-state index >= 15 is 0 Å². The lowest BCUT2D eigenvalue weighted by molar-refractivity contribution is 0.170. The van der Waals surface area contributed by atoms with Gasteiger partial charge < -0.3 is 4.74 Å². The minimum absolute atomic E-state index is 0.0544. The summed E-state index contributed by atoms with van der Waals surface area (Å²) in [5.74, 6) is -0.509. The molecule has 21 heavy (non-hydrogen) atoms. The van der Waals surface area contributed by atoms with Crippen molar-refractivity contribution in [2.75, 3.05) is 12.4 Å². The predicted octanol–water partition coefficient (Wildman–Crippen LogP) is 3.21. The van der Waals surface area contributed by atoms with Crippen molar-refractivity contribution in [1.29, 1.82) is 5.26 Å². The summed E-state index contributed by atoms with van der Waals surface area (Å²) in [5.41, 5.74) is -0.563. The van der Waals surface area contributed by atoms with Crippen LogP contribution in [0.15, 0.2) is 18.2 Å². The molecule has 0 atom stereocenters. The fraction of sp³-hybridized carbons (Fsp3) is 0.500. The van der Waals surface area contributed by atoms with E-state index in [4.69, 9.17) is 20.7 Å². The van der Waals surface area contributed by atoms with Crippen molar-refractivity contribution in [3.63, 3.8) is 0 Å². The molecule has 7 heteroatoms. The Balaban J connectivity index is 2.09. The number of hydrogen-bond donors (Lipinski definition) is 0. The van der Waals surface area contributed by atoms with Gasteiger partial charge in [0, 0.05) is 22.2 Å². The van der Waals surface area contributed by atoms with Crippen molar-refractivity contribution in [3.05, 3.63) is 29.6 Å². The number of nitrogens with zero attached hydrogens (tertiary/aromatic N) is 1. The van der Waals surface area contributed by atoms with Gasteiger partial charge in [0.1, 0.15) is 17.6 Å². The first-order chi connectivity index (χ1) is 9.84. The van der Waals surface area contributed by atoms with Gasteiger partial charge >= 0.3 is 0 Å². The van der Waals surface area contributed by atoms with E-state index in [9.17, 15) is 12.8 Å². The molecule has 1 aliphatic carbocycles. The van der Waals surface area contributed by atoms with E-state index < -0.39 is 20.3 Å². The standard InChI is InChI=1S/C14H15ClFNO3S/c15-21(18,19)10-14(5-1-2-6-14)9-20-12-4-3-11(8-17)13(16)7-12/h3-4,7H,1-2,5-6,9-10H2. The summed E-state index contributed by atoms with van der Waals surface area (Å²) >= 11 is 0. The summed E-state index contributed by atoms with van der Waals surface area (Å²) < 4.78 is 41.8. The Bertz CT molecular complexity index is 663. The van der Waals surface area contributed by atoms with Gasteiger partial charge in [-0.15, -0.1) is 0 Å². The molecule has 1 aromatic rings. The first kappa shape index (κ1) is 16.1. The van der Waals surface area contributed by atoms with Crippen molar-refractivity contribution in [3.8, 4) is 11.8 Å². The zero-order valence-electron chi connectivity index (χ0n) is 11.3. The first-order valence-corrected chi connectivity index (χ1v) is 9.06. The summed E-state index contributed by atoms with van der Waals surface area (Å²) in [7, 11) is 1.76. The van der Waals surface area contributed by atoms with Crippen LogP contribution in [0, 0.1) is 22.6 Å². The average Bonchev–Trinajstić information content (AvgIpc) is 2.83. The third-order valence-corrected chi connectivity index (χ3v) is 5.03. The molecule has 0 heterocycles. The smallest absolute Gasteiger partial charge is 0.233 e. The third kappa shape index (κ3) is 4.32. The van der Waals surface area contributed by atoms with Gasteiger partial charge in [-0.05, 0) is 25.0 Å². The molecule has 1 aromatic carbocycles. The topological polar surface area (TPSA) is 67.2 Å². The molecule has 0 spiro atoms. The Morgan fingerprint density at radius 3 is 2.57 bits per heavy atom. The van der Waals surface area contributed by atoms with Crippen molar-refractivity contribution < 1.29 is 17.5 Å². The number of hydrogen-bond acceptors (Lipinski definition) is 4. The van der Waals surface area contributed by atoms with E-state index in [-0.39, 0.29) is 23.7 Å². The van der Waals surface area contributed by atoms with Crippen LogP contribution in [-0.2, 0) is 9.05 Å². The highest BCUT2D eigenvalue weighted by Gasteiger charge is 2.38. The van der Waals surface area contributed by atoms with Crippen LogP contribution >= 0.6 is 10.7 Å². The second-order valence-electron chi connectivity index (χ2n) is 5.43. The Hall–Kier alpha value is -1.32. The fourth-order valence-electron chi connectivity index (χ4n) is 2.73. The van der Waals surface area contributed by atoms with Gasteiger partial charge in [0.05, 0.1) is 17.9 Å². The molecule has 2 rings (SSSR count). The summed E-state index contributed by atoms with van der Waals surface area (Å²) in [4.78, 5) is 0. The lowest BCUT2D eigenvalue weighted by Crippen LogP contribution is -2.32. The van der Waals surface area contributed by atoms with Gasteiger partial charge in [0.2, 0.25) is 9.05 Å². The van der Waals surface area contributed by atoms with Crippen LogP contribution in [0.2, 0.25) is 0 Å². The quantitative estimate of drug-likeness (QED) is 0.777. The van der Waals surface area contributed by atoms with E-state index in [1.807, 2.05) is 0 Å². The highest BCUT2D eigenvalue weighted by molar-refractivity contribution is 8.13. The summed E-state index contributed by atoms with van der Waals surface area (Å²) in [6, 6.07) is 5.70. The fourth-order valence-corrected chi connectivity index (χ4v) is 4.53. The monoisotopic (exact) mass is 331 g/mol. The van der Waals surface area contributed by atoms with Gasteiger partial charge in [-0.1, -0.05) is 12.8 Å². The molecule has 0 amide bonds. The lowest BCUT2D eigenvalue weighted by atomic mass is 9.90. The molecule has 1 aliphatic rings. The molecule has 0 saturated heterocycles. The Kier molecular flexibility index (Phi) is 4.74. The van der Waals surface area contributed by atoms with Gasteiger partial charge in [-0.25, -0.2) is 12.8 Å². The number of ether oxygens (including phenoxy) is 1. The van der Waals surface area contributed by atoms with Crippen LogP contribution in [-0.4, -0.2) is 20.8 Å². The molecule has 1 fully saturated rings. The lowest BCUT2D eigenvalue weighted by Gasteiger charge is -2.27. The normalized spacial score (nSPS) is 17.4. The van der Waals surface area contributed by atoms with Crippen molar-refractivity contribution in [2.24, 2.45) is 5.41 Å². The number of rotatable bonds is 5. The molecule has 1 saturated carbocycles. The van der Waals surface area contributed by atoms with Crippen LogP contribution in [0.3, 0.4) is 0 Å². The second-order valence-corrected chi connectivity index (χ2v) is 8.21. The summed E-state index contributed by atoms with van der Waals surface area (Å²) in [5, 5.41) is 8.67. The molecular weight excluding hydrogens is 317 g/mol. The summed E-state index contributed by atoms with van der Waals surface area (Å²) in [6.07, 6.45) is 3.30. The molecule has 0 aromatic heterocycles. The molecule has 0 radical (unpaired) electrons. The molecule has 0 N–H and O–H groups in total. The van der Waals surface area contributed by atoms with Crippen LogP contribution in [0.5, 0.6) is 5.75 Å². The van der Waals surface area contributed by atoms with E-state index in [1.54, 1.807) is 6.07 Å². The van der Waals surface area contributed by atoms with Crippen molar-refractivity contribution >= 4 is 19.7 Å². The maximum atomic E-state index is 13.5. The van der Waals surface area contributed by atoms with Crippen molar-refractivity contribution in [2.45, 2.75) is 25.7 Å². The van der Waals surface area contributed by atoms with Gasteiger partial charge in [0.25, 0.3) is 0 Å². The SMILES string of the molecule is N#Cc1ccc(OCC2(CS(=O)(=O)Cl)CCCC2)cc1F. The Morgan fingerprint density at radius 1 is 1.38 bits per heavy atom. The molecule has 114 valence electrons. The third-order valence-electron chi connectivity index (χ3n) is 3.75. The van der Waals surface area contributed by atoms with Crippen molar-refractivity contribution in [1.82, 2.24) is 0 Å². The predicted molar refractivity (Wildman–Crippen MR) is 77.2 cm³/mol. The van der Waals surface area contributed by atoms with Crippen LogP contribution < -0.4 is 4.74 Å². The highest BCUT2D eigenvalue weighted by atomic mass is 35.7. The van der Waals surface area contributed by atoms with E-state index in [0.29, 0.717) is 0 Å². The van der Waals surface area contributed by atoms with E-state index in [1.165, 1.54) is 12.1 Å². The van der Waals surface area contributed by atoms with Crippen LogP contribution in [0.1, 0.15) is 31.2 Å². The van der Waals surface area contributed by atoms with Gasteiger partial charge in [-0.2, -0.15) is 5.26 Å². The Morgan fingerprint density at radius 2 is 2.05 bits per heavy atom. The molecular formula is C14H15ClFNO3S. The first-order valence-electron chi connectivity index (χ1n) is 6.58. The minimum atomic E-state index is -3.61.